The van der Waals surface area contributed by atoms with Gasteiger partial charge in [-0.2, -0.15) is 0 Å². The van der Waals surface area contributed by atoms with Gasteiger partial charge in [0.1, 0.15) is 14.9 Å². The molecule has 1 aromatic carbocycles. The highest BCUT2D eigenvalue weighted by molar-refractivity contribution is 7.00. The van der Waals surface area contributed by atoms with Crippen LogP contribution >= 0.6 is 9.12 Å². The molecule has 0 aliphatic carbocycles. The van der Waals surface area contributed by atoms with Gasteiger partial charge in [-0.1, -0.05) is 25.1 Å². The van der Waals surface area contributed by atoms with Crippen molar-refractivity contribution in [2.24, 2.45) is 0 Å². The number of hydrogen-bond donors (Lipinski definition) is 2. The maximum Gasteiger partial charge on any atom is 0.303 e. The minimum Gasteiger partial charge on any atom is -0.508 e. The van der Waals surface area contributed by atoms with E-state index < -0.39 is 5.97 Å². The lowest BCUT2D eigenvalue weighted by Gasteiger charge is -1.82. The van der Waals surface area contributed by atoms with Gasteiger partial charge in [0.2, 0.25) is 0 Å². The summed E-state index contributed by atoms with van der Waals surface area (Å²) in [5, 5.41) is 16.4. The van der Waals surface area contributed by atoms with Crippen LogP contribution in [0.3, 0.4) is 0 Å². The van der Waals surface area contributed by atoms with Crippen LogP contribution in [0.15, 0.2) is 30.3 Å². The highest BCUT2D eigenvalue weighted by atomic mass is 31.0. The summed E-state index contributed by atoms with van der Waals surface area (Å²) < 4.78 is 8.06. The molecule has 0 fully saturated rings. The first-order valence-corrected chi connectivity index (χ1v) is 4.24. The average Bonchev–Trinajstić information content (AvgIpc) is 2.23. The number of para-hydroxylation sites is 1. The zero-order chi connectivity index (χ0) is 11.4. The van der Waals surface area contributed by atoms with Gasteiger partial charge < -0.3 is 10.2 Å². The molecule has 0 aliphatic heterocycles. The smallest absolute Gasteiger partial charge is 0.303 e. The molecule has 0 atom stereocenters. The van der Waals surface area contributed by atoms with Crippen molar-refractivity contribution < 1.29 is 19.6 Å². The van der Waals surface area contributed by atoms with Crippen molar-refractivity contribution in [1.29, 1.82) is 0 Å². The number of carboxylic acid groups (broad SMARTS) is 1. The van der Waals surface area contributed by atoms with E-state index in [9.17, 15) is 4.79 Å². The predicted octanol–water partition coefficient (Wildman–Crippen LogP) is 2.35. The first kappa shape index (κ1) is 15.1. The first-order chi connectivity index (χ1) is 6.66. The summed E-state index contributed by atoms with van der Waals surface area (Å²) in [5.74, 6) is -0.424. The zero-order valence-electron chi connectivity index (χ0n) is 7.80. The van der Waals surface area contributed by atoms with Crippen molar-refractivity contribution in [2.75, 3.05) is 0 Å². The Balaban J connectivity index is 0. The molecular weight excluding hydrogens is 203 g/mol. The third-order valence-corrected chi connectivity index (χ3v) is 1.06. The largest absolute Gasteiger partial charge is 0.508 e. The SMILES string of the molecule is CCC(=O)O.O=P.Oc1ccccc1. The number of phenolic OH excluding ortho intramolecular Hbond substituents is 1. The maximum atomic E-state index is 9.37. The lowest BCUT2D eigenvalue weighted by Crippen LogP contribution is -1.86. The van der Waals surface area contributed by atoms with E-state index in [2.05, 4.69) is 0 Å². The molecule has 1 rings (SSSR count). The van der Waals surface area contributed by atoms with Gasteiger partial charge in [-0.05, 0) is 12.1 Å². The predicted molar refractivity (Wildman–Crippen MR) is 55.0 cm³/mol. The highest BCUT2D eigenvalue weighted by Gasteiger charge is 1.80. The van der Waals surface area contributed by atoms with E-state index in [1.807, 2.05) is 6.07 Å². The van der Waals surface area contributed by atoms with Gasteiger partial charge in [0.05, 0.1) is 0 Å². The second-order valence-electron chi connectivity index (χ2n) is 2.08. The quantitative estimate of drug-likeness (QED) is 0.706. The van der Waals surface area contributed by atoms with Crippen molar-refractivity contribution >= 4 is 15.1 Å². The fraction of sp³-hybridized carbons (Fsp3) is 0.222. The third kappa shape index (κ3) is 13.2. The second kappa shape index (κ2) is 11.6. The van der Waals surface area contributed by atoms with E-state index in [1.165, 1.54) is 0 Å². The Kier molecular flexibility index (Phi) is 12.5. The van der Waals surface area contributed by atoms with Gasteiger partial charge in [0, 0.05) is 6.42 Å². The summed E-state index contributed by atoms with van der Waals surface area (Å²) in [6.45, 7) is 1.60. The number of carboxylic acids is 1. The Labute approximate surface area is 84.8 Å². The van der Waals surface area contributed by atoms with Crippen LogP contribution in [0.4, 0.5) is 0 Å². The molecule has 0 aromatic heterocycles. The van der Waals surface area contributed by atoms with Crippen LogP contribution < -0.4 is 0 Å². The lowest BCUT2D eigenvalue weighted by atomic mass is 10.3. The number of aromatic hydroxyl groups is 1. The Morgan fingerprint density at radius 2 is 1.64 bits per heavy atom. The fourth-order valence-electron chi connectivity index (χ4n) is 0.428. The summed E-state index contributed by atoms with van der Waals surface area (Å²) >= 11 is 0. The van der Waals surface area contributed by atoms with Crippen molar-refractivity contribution in [3.63, 3.8) is 0 Å². The Bertz CT molecular complexity index is 238. The van der Waals surface area contributed by atoms with Crippen LogP contribution in [0.25, 0.3) is 0 Å². The second-order valence-corrected chi connectivity index (χ2v) is 2.08. The van der Waals surface area contributed by atoms with Crippen molar-refractivity contribution in [2.45, 2.75) is 13.3 Å². The normalized spacial score (nSPS) is 7.21. The summed E-state index contributed by atoms with van der Waals surface area (Å²) in [6, 6.07) is 8.71. The van der Waals surface area contributed by atoms with Crippen molar-refractivity contribution in [1.82, 2.24) is 0 Å². The molecular formula is C9H13O4P. The molecule has 4 nitrogen and oxygen atoms in total. The number of aliphatic carboxylic acids is 1. The molecule has 0 spiro atoms. The maximum absolute atomic E-state index is 9.37. The molecule has 0 radical (unpaired) electrons. The Morgan fingerprint density at radius 3 is 1.79 bits per heavy atom. The van der Waals surface area contributed by atoms with E-state index in [-0.39, 0.29) is 6.42 Å². The summed E-state index contributed by atoms with van der Waals surface area (Å²) in [7, 11) is 1.72. The van der Waals surface area contributed by atoms with E-state index in [0.29, 0.717) is 5.75 Å². The van der Waals surface area contributed by atoms with E-state index >= 15 is 0 Å². The molecule has 78 valence electrons. The first-order valence-electron chi connectivity index (χ1n) is 3.83. The van der Waals surface area contributed by atoms with Crippen molar-refractivity contribution in [3.05, 3.63) is 30.3 Å². The topological polar surface area (TPSA) is 74.6 Å². The molecule has 0 amide bonds. The third-order valence-electron chi connectivity index (χ3n) is 1.06. The van der Waals surface area contributed by atoms with Crippen LogP contribution in [0.5, 0.6) is 5.75 Å². The zero-order valence-corrected chi connectivity index (χ0v) is 8.80. The number of benzene rings is 1. The molecule has 0 heterocycles. The van der Waals surface area contributed by atoms with Gasteiger partial charge in [0.15, 0.2) is 0 Å². The average molecular weight is 216 g/mol. The van der Waals surface area contributed by atoms with Crippen LogP contribution in [0.2, 0.25) is 0 Å². The molecule has 5 heteroatoms. The molecule has 0 aliphatic rings. The van der Waals surface area contributed by atoms with E-state index in [4.69, 9.17) is 14.8 Å². The number of rotatable bonds is 1. The van der Waals surface area contributed by atoms with Crippen LogP contribution in [0.1, 0.15) is 13.3 Å². The van der Waals surface area contributed by atoms with Gasteiger partial charge in [0.25, 0.3) is 0 Å². The summed E-state index contributed by atoms with van der Waals surface area (Å²) in [5.41, 5.74) is 0. The van der Waals surface area contributed by atoms with Crippen molar-refractivity contribution in [3.8, 4) is 5.75 Å². The minimum absolute atomic E-state index is 0.222. The van der Waals surface area contributed by atoms with Gasteiger partial charge >= 0.3 is 5.97 Å². The summed E-state index contributed by atoms with van der Waals surface area (Å²) in [4.78, 5) is 9.37. The molecule has 2 N–H and O–H groups in total. The van der Waals surface area contributed by atoms with E-state index in [0.717, 1.165) is 0 Å². The lowest BCUT2D eigenvalue weighted by molar-refractivity contribution is -0.136. The number of hydrogen-bond acceptors (Lipinski definition) is 3. The van der Waals surface area contributed by atoms with E-state index in [1.54, 1.807) is 40.3 Å². The summed E-state index contributed by atoms with van der Waals surface area (Å²) in [6.07, 6.45) is 0.222. The fourth-order valence-corrected chi connectivity index (χ4v) is 0.428. The van der Waals surface area contributed by atoms with Gasteiger partial charge in [-0.15, -0.1) is 0 Å². The minimum atomic E-state index is -0.745. The highest BCUT2D eigenvalue weighted by Crippen LogP contribution is 2.02. The monoisotopic (exact) mass is 216 g/mol. The molecule has 0 unspecified atom stereocenters. The van der Waals surface area contributed by atoms with Crippen LogP contribution in [-0.4, -0.2) is 16.2 Å². The molecule has 1 aromatic rings. The number of carbonyl (C=O) groups is 1. The Hall–Kier alpha value is -1.41. The molecule has 0 bridgehead atoms. The standard InChI is InChI=1S/C6H6O.C3H6O2.HOP/c7-6-4-2-1-3-5-6;1-2-3(4)5;1-2/h1-5,7H;2H2,1H3,(H,4,5);2H. The van der Waals surface area contributed by atoms with Crippen LogP contribution in [-0.2, 0) is 9.36 Å². The molecule has 0 saturated carbocycles. The Morgan fingerprint density at radius 1 is 1.29 bits per heavy atom. The molecule has 14 heavy (non-hydrogen) atoms. The van der Waals surface area contributed by atoms with Gasteiger partial charge in [-0.25, -0.2) is 0 Å². The van der Waals surface area contributed by atoms with Gasteiger partial charge in [-0.3, -0.25) is 9.36 Å². The number of phenols is 1. The van der Waals surface area contributed by atoms with Crippen LogP contribution in [0, 0.1) is 0 Å². The molecule has 0 saturated heterocycles.